The highest BCUT2D eigenvalue weighted by atomic mass is 32.1. The molecule has 0 spiro atoms. The van der Waals surface area contributed by atoms with Crippen molar-refractivity contribution in [2.45, 2.75) is 52.4 Å². The van der Waals surface area contributed by atoms with Gasteiger partial charge in [0.15, 0.2) is 0 Å². The van der Waals surface area contributed by atoms with Crippen LogP contribution in [0.5, 0.6) is 0 Å². The molecule has 1 aromatic carbocycles. The van der Waals surface area contributed by atoms with Crippen LogP contribution >= 0.6 is 11.3 Å². The second-order valence-electron chi connectivity index (χ2n) is 8.78. The van der Waals surface area contributed by atoms with E-state index in [-0.39, 0.29) is 16.1 Å². The van der Waals surface area contributed by atoms with Gasteiger partial charge < -0.3 is 15.6 Å². The van der Waals surface area contributed by atoms with E-state index in [0.29, 0.717) is 13.1 Å². The summed E-state index contributed by atoms with van der Waals surface area (Å²) in [6.07, 6.45) is -0.963. The average molecular weight is 402 g/mol. The fourth-order valence-corrected chi connectivity index (χ4v) is 5.42. The van der Waals surface area contributed by atoms with Crippen molar-refractivity contribution in [1.29, 1.82) is 0 Å². The highest BCUT2D eigenvalue weighted by molar-refractivity contribution is 7.15. The molecule has 2 heterocycles. The van der Waals surface area contributed by atoms with Crippen LogP contribution in [0.15, 0.2) is 36.4 Å². The van der Waals surface area contributed by atoms with Crippen LogP contribution in [0.2, 0.25) is 0 Å². The first-order valence-corrected chi connectivity index (χ1v) is 10.7. The van der Waals surface area contributed by atoms with Gasteiger partial charge in [0.05, 0.1) is 18.6 Å². The summed E-state index contributed by atoms with van der Waals surface area (Å²) in [6.45, 7) is 11.5. The van der Waals surface area contributed by atoms with E-state index in [4.69, 9.17) is 5.73 Å². The van der Waals surface area contributed by atoms with Crippen molar-refractivity contribution < 1.29 is 14.4 Å². The standard InChI is InChI=1S/C22H31N3O2S/c1-16-14-24(10-11-25(16,21(26)27)22(2,3)4)15-17-6-5-7-18(12-17)20-9-8-19(13-23)28-20/h5-9,12,16H,10-11,13-15,23H2,1-4H3/t16-,25?/m0/s1. The molecule has 1 unspecified atom stereocenters. The lowest BCUT2D eigenvalue weighted by atomic mass is 9.95. The first-order chi connectivity index (χ1) is 13.2. The maximum absolute atomic E-state index is 12.1. The number of quaternary nitrogens is 1. The average Bonchev–Trinajstić information content (AvgIpc) is 3.10. The normalized spacial score (nSPS) is 23.7. The molecule has 1 amide bonds. The van der Waals surface area contributed by atoms with Gasteiger partial charge in [-0.3, -0.25) is 9.38 Å². The molecular weight excluding hydrogens is 370 g/mol. The minimum atomic E-state index is -0.963. The Morgan fingerprint density at radius 1 is 1.32 bits per heavy atom. The van der Waals surface area contributed by atoms with E-state index in [1.54, 1.807) is 11.3 Å². The van der Waals surface area contributed by atoms with Gasteiger partial charge >= 0.3 is 0 Å². The second-order valence-corrected chi connectivity index (χ2v) is 9.95. The Labute approximate surface area is 172 Å². The zero-order valence-corrected chi connectivity index (χ0v) is 18.1. The summed E-state index contributed by atoms with van der Waals surface area (Å²) in [7, 11) is 0. The van der Waals surface area contributed by atoms with Crippen molar-refractivity contribution in [3.8, 4) is 10.4 Å². The number of nitrogens with two attached hydrogens (primary N) is 1. The molecule has 1 saturated heterocycles. The van der Waals surface area contributed by atoms with Gasteiger partial charge in [-0.25, -0.2) is 0 Å². The molecule has 1 aliphatic rings. The van der Waals surface area contributed by atoms with E-state index in [9.17, 15) is 9.90 Å². The quantitative estimate of drug-likeness (QED) is 0.800. The molecular formula is C22H31N3O2S. The number of benzene rings is 1. The number of hydrogen-bond acceptors (Lipinski definition) is 5. The number of nitrogens with zero attached hydrogens (tertiary/aromatic N) is 2. The van der Waals surface area contributed by atoms with Crippen LogP contribution in [0, 0.1) is 0 Å². The predicted molar refractivity (Wildman–Crippen MR) is 113 cm³/mol. The largest absolute Gasteiger partial charge is 0.498 e. The minimum absolute atomic E-state index is 0.0145. The van der Waals surface area contributed by atoms with Crippen LogP contribution in [-0.4, -0.2) is 46.7 Å². The van der Waals surface area contributed by atoms with Crippen LogP contribution in [0.4, 0.5) is 4.79 Å². The van der Waals surface area contributed by atoms with Crippen molar-refractivity contribution in [2.75, 3.05) is 19.6 Å². The number of carboxylic acid groups (broad SMARTS) is 1. The van der Waals surface area contributed by atoms with Crippen molar-refractivity contribution >= 4 is 17.4 Å². The van der Waals surface area contributed by atoms with Crippen LogP contribution in [0.1, 0.15) is 38.1 Å². The smallest absolute Gasteiger partial charge is 0.258 e. The molecule has 2 atom stereocenters. The van der Waals surface area contributed by atoms with E-state index in [1.807, 2.05) is 27.7 Å². The summed E-state index contributed by atoms with van der Waals surface area (Å²) < 4.78 is 0.0145. The lowest BCUT2D eigenvalue weighted by Gasteiger charge is -2.55. The third-order valence-electron chi connectivity index (χ3n) is 6.05. The van der Waals surface area contributed by atoms with E-state index >= 15 is 0 Å². The molecule has 152 valence electrons. The molecule has 1 fully saturated rings. The molecule has 2 aromatic rings. The summed E-state index contributed by atoms with van der Waals surface area (Å²) in [6, 6.07) is 12.8. The van der Waals surface area contributed by atoms with Gasteiger partial charge in [-0.1, -0.05) is 18.2 Å². The third-order valence-corrected chi connectivity index (χ3v) is 7.20. The van der Waals surface area contributed by atoms with Crippen LogP contribution < -0.4 is 10.8 Å². The topological polar surface area (TPSA) is 69.4 Å². The monoisotopic (exact) mass is 401 g/mol. The Bertz CT molecular complexity index is 842. The molecule has 28 heavy (non-hydrogen) atoms. The predicted octanol–water partition coefficient (Wildman–Crippen LogP) is 3.04. The number of carbonyl (C=O) groups is 1. The van der Waals surface area contributed by atoms with Crippen molar-refractivity contribution in [3.05, 3.63) is 46.8 Å². The first kappa shape index (κ1) is 21.0. The Morgan fingerprint density at radius 2 is 2.07 bits per heavy atom. The maximum Gasteiger partial charge on any atom is 0.258 e. The van der Waals surface area contributed by atoms with Gasteiger partial charge in [0.25, 0.3) is 6.09 Å². The molecule has 1 aromatic heterocycles. The summed E-state index contributed by atoms with van der Waals surface area (Å²) in [5, 5.41) is 12.1. The van der Waals surface area contributed by atoms with E-state index < -0.39 is 6.09 Å². The van der Waals surface area contributed by atoms with Crippen molar-refractivity contribution in [3.63, 3.8) is 0 Å². The Hall–Kier alpha value is -1.73. The second kappa shape index (κ2) is 7.95. The van der Waals surface area contributed by atoms with Gasteiger partial charge in [0.1, 0.15) is 6.04 Å². The molecule has 2 N–H and O–H groups in total. The van der Waals surface area contributed by atoms with Crippen molar-refractivity contribution in [1.82, 2.24) is 4.90 Å². The lowest BCUT2D eigenvalue weighted by Crippen LogP contribution is -2.76. The molecule has 6 heteroatoms. The molecule has 0 radical (unpaired) electrons. The first-order valence-electron chi connectivity index (χ1n) is 9.87. The van der Waals surface area contributed by atoms with Gasteiger partial charge in [0, 0.05) is 29.4 Å². The van der Waals surface area contributed by atoms with Crippen LogP contribution in [-0.2, 0) is 13.1 Å². The van der Waals surface area contributed by atoms with Gasteiger partial charge in [-0.05, 0) is 57.0 Å². The zero-order valence-electron chi connectivity index (χ0n) is 17.3. The zero-order chi connectivity index (χ0) is 20.5. The number of thiophene rings is 1. The van der Waals surface area contributed by atoms with Gasteiger partial charge in [-0.2, -0.15) is 0 Å². The highest BCUT2D eigenvalue weighted by Gasteiger charge is 2.49. The molecule has 0 aliphatic carbocycles. The maximum atomic E-state index is 12.1. The SMILES string of the molecule is C[C@H]1CN(Cc2cccc(-c3ccc(CN)s3)c2)CC[N+]1(C(=O)[O-])C(C)(C)C. The molecule has 0 bridgehead atoms. The van der Waals surface area contributed by atoms with Gasteiger partial charge in [0.2, 0.25) is 0 Å². The molecule has 3 rings (SSSR count). The molecule has 0 saturated carbocycles. The highest BCUT2D eigenvalue weighted by Crippen LogP contribution is 2.33. The third kappa shape index (κ3) is 3.87. The van der Waals surface area contributed by atoms with E-state index in [1.165, 1.54) is 20.9 Å². The van der Waals surface area contributed by atoms with Gasteiger partial charge in [-0.15, -0.1) is 11.3 Å². The number of amides is 1. The summed E-state index contributed by atoms with van der Waals surface area (Å²) in [4.78, 5) is 16.8. The summed E-state index contributed by atoms with van der Waals surface area (Å²) in [5.41, 5.74) is 7.81. The number of carbonyl (C=O) groups excluding carboxylic acids is 1. The fourth-order valence-electron chi connectivity index (χ4n) is 4.53. The number of piperazine rings is 1. The Balaban J connectivity index is 1.74. The van der Waals surface area contributed by atoms with Crippen LogP contribution in [0.25, 0.3) is 10.4 Å². The lowest BCUT2D eigenvalue weighted by molar-refractivity contribution is -0.943. The molecule has 1 aliphatic heterocycles. The van der Waals surface area contributed by atoms with E-state index in [2.05, 4.69) is 41.3 Å². The minimum Gasteiger partial charge on any atom is -0.498 e. The Morgan fingerprint density at radius 3 is 2.64 bits per heavy atom. The van der Waals surface area contributed by atoms with Crippen LogP contribution in [0.3, 0.4) is 0 Å². The van der Waals surface area contributed by atoms with Crippen molar-refractivity contribution in [2.24, 2.45) is 5.73 Å². The van der Waals surface area contributed by atoms with E-state index in [0.717, 1.165) is 19.6 Å². The number of hydrogen-bond donors (Lipinski definition) is 1. The fraction of sp³-hybridized carbons (Fsp3) is 0.500. The summed E-state index contributed by atoms with van der Waals surface area (Å²) in [5.74, 6) is 0. The Kier molecular flexibility index (Phi) is 5.96. The number of rotatable bonds is 4. The summed E-state index contributed by atoms with van der Waals surface area (Å²) >= 11 is 1.73. The molecule has 5 nitrogen and oxygen atoms in total.